The minimum absolute atomic E-state index is 0.0986. The molecule has 0 aromatic carbocycles. The number of amides is 1. The Hall–Kier alpha value is -1.10. The number of ether oxygens (including phenoxy) is 1. The van der Waals surface area contributed by atoms with Gasteiger partial charge < -0.3 is 15.2 Å². The predicted molar refractivity (Wildman–Crippen MR) is 67.3 cm³/mol. The van der Waals surface area contributed by atoms with Gasteiger partial charge in [0.1, 0.15) is 0 Å². The molecule has 0 aromatic rings. The summed E-state index contributed by atoms with van der Waals surface area (Å²) in [4.78, 5) is 22.5. The average molecular weight is 257 g/mol. The lowest BCUT2D eigenvalue weighted by Gasteiger charge is -2.23. The van der Waals surface area contributed by atoms with E-state index in [1.165, 1.54) is 6.42 Å². The third-order valence-corrected chi connectivity index (χ3v) is 3.27. The third-order valence-electron chi connectivity index (χ3n) is 3.27. The number of rotatable bonds is 6. The first-order valence-electron chi connectivity index (χ1n) is 6.53. The van der Waals surface area contributed by atoms with Crippen LogP contribution in [0.1, 0.15) is 46.0 Å². The highest BCUT2D eigenvalue weighted by molar-refractivity contribution is 5.78. The van der Waals surface area contributed by atoms with Crippen LogP contribution in [0, 0.1) is 5.41 Å². The fourth-order valence-corrected chi connectivity index (χ4v) is 1.81. The van der Waals surface area contributed by atoms with E-state index < -0.39 is 11.4 Å². The summed E-state index contributed by atoms with van der Waals surface area (Å²) in [5.41, 5.74) is -0.920. The van der Waals surface area contributed by atoms with Crippen LogP contribution in [-0.4, -0.2) is 36.2 Å². The van der Waals surface area contributed by atoms with Gasteiger partial charge in [-0.25, -0.2) is 0 Å². The number of hydrogen-bond acceptors (Lipinski definition) is 3. The average Bonchev–Trinajstić information content (AvgIpc) is 2.35. The summed E-state index contributed by atoms with van der Waals surface area (Å²) in [6.07, 6.45) is 4.61. The highest BCUT2D eigenvalue weighted by Gasteiger charge is 2.27. The van der Waals surface area contributed by atoms with E-state index >= 15 is 0 Å². The largest absolute Gasteiger partial charge is 0.481 e. The molecular weight excluding hydrogens is 234 g/mol. The van der Waals surface area contributed by atoms with E-state index in [2.05, 4.69) is 5.32 Å². The lowest BCUT2D eigenvalue weighted by Crippen LogP contribution is -2.39. The standard InChI is InChI=1S/C13H23NO4/c1-13(2,12(16)17)9-14-11(15)7-6-10-5-3-4-8-18-10/h10H,3-9H2,1-2H3,(H,14,15)(H,16,17). The van der Waals surface area contributed by atoms with Crippen molar-refractivity contribution in [1.82, 2.24) is 5.32 Å². The molecule has 0 bridgehead atoms. The molecule has 0 spiro atoms. The fraction of sp³-hybridized carbons (Fsp3) is 0.846. The first kappa shape index (κ1) is 15.0. The van der Waals surface area contributed by atoms with Crippen LogP contribution < -0.4 is 5.32 Å². The highest BCUT2D eigenvalue weighted by atomic mass is 16.5. The van der Waals surface area contributed by atoms with Crippen molar-refractivity contribution in [2.75, 3.05) is 13.2 Å². The number of carbonyl (C=O) groups is 2. The van der Waals surface area contributed by atoms with Crippen molar-refractivity contribution in [3.05, 3.63) is 0 Å². The van der Waals surface area contributed by atoms with Crippen LogP contribution in [0.4, 0.5) is 0 Å². The van der Waals surface area contributed by atoms with E-state index in [-0.39, 0.29) is 18.6 Å². The van der Waals surface area contributed by atoms with Gasteiger partial charge in [0.25, 0.3) is 0 Å². The first-order valence-corrected chi connectivity index (χ1v) is 6.53. The lowest BCUT2D eigenvalue weighted by molar-refractivity contribution is -0.146. The Morgan fingerprint density at radius 3 is 2.67 bits per heavy atom. The summed E-state index contributed by atoms with van der Waals surface area (Å²) < 4.78 is 5.54. The quantitative estimate of drug-likeness (QED) is 0.757. The summed E-state index contributed by atoms with van der Waals surface area (Å²) >= 11 is 0. The number of carboxylic acid groups (broad SMARTS) is 1. The maximum Gasteiger partial charge on any atom is 0.310 e. The smallest absolute Gasteiger partial charge is 0.310 e. The van der Waals surface area contributed by atoms with Crippen molar-refractivity contribution in [2.24, 2.45) is 5.41 Å². The van der Waals surface area contributed by atoms with Gasteiger partial charge in [-0.15, -0.1) is 0 Å². The number of carbonyl (C=O) groups excluding carboxylic acids is 1. The molecule has 18 heavy (non-hydrogen) atoms. The van der Waals surface area contributed by atoms with Crippen LogP contribution in [0.3, 0.4) is 0 Å². The molecule has 0 aromatic heterocycles. The zero-order chi connectivity index (χ0) is 13.6. The number of carboxylic acids is 1. The molecule has 1 atom stereocenters. The summed E-state index contributed by atoms with van der Waals surface area (Å²) in [5.74, 6) is -1.00. The van der Waals surface area contributed by atoms with Crippen LogP contribution in [0.2, 0.25) is 0 Å². The molecule has 1 aliphatic heterocycles. The number of aliphatic carboxylic acids is 1. The van der Waals surface area contributed by atoms with Crippen molar-refractivity contribution < 1.29 is 19.4 Å². The molecule has 1 heterocycles. The van der Waals surface area contributed by atoms with Gasteiger partial charge in [0.05, 0.1) is 11.5 Å². The topological polar surface area (TPSA) is 75.6 Å². The Morgan fingerprint density at radius 1 is 1.39 bits per heavy atom. The Balaban J connectivity index is 2.19. The van der Waals surface area contributed by atoms with Gasteiger partial charge in [-0.3, -0.25) is 9.59 Å². The second-order valence-corrected chi connectivity index (χ2v) is 5.49. The van der Waals surface area contributed by atoms with Gasteiger partial charge in [-0.2, -0.15) is 0 Å². The molecule has 0 radical (unpaired) electrons. The molecule has 0 aliphatic carbocycles. The van der Waals surface area contributed by atoms with Gasteiger partial charge in [0, 0.05) is 19.6 Å². The van der Waals surface area contributed by atoms with E-state index in [4.69, 9.17) is 9.84 Å². The van der Waals surface area contributed by atoms with E-state index in [1.807, 2.05) is 0 Å². The summed E-state index contributed by atoms with van der Waals surface area (Å²) in [6.45, 7) is 4.14. The second-order valence-electron chi connectivity index (χ2n) is 5.49. The third kappa shape index (κ3) is 5.04. The number of hydrogen-bond donors (Lipinski definition) is 2. The Labute approximate surface area is 108 Å². The van der Waals surface area contributed by atoms with Crippen molar-refractivity contribution in [1.29, 1.82) is 0 Å². The fourth-order valence-electron chi connectivity index (χ4n) is 1.81. The zero-order valence-corrected chi connectivity index (χ0v) is 11.2. The number of nitrogens with one attached hydrogen (secondary N) is 1. The van der Waals surface area contributed by atoms with Gasteiger partial charge >= 0.3 is 5.97 Å². The summed E-state index contributed by atoms with van der Waals surface area (Å²) in [5, 5.41) is 11.6. The second kappa shape index (κ2) is 6.73. The van der Waals surface area contributed by atoms with E-state index in [0.717, 1.165) is 25.9 Å². The molecule has 104 valence electrons. The van der Waals surface area contributed by atoms with Crippen LogP contribution in [0.25, 0.3) is 0 Å². The molecule has 1 rings (SSSR count). The molecule has 1 fully saturated rings. The normalized spacial score (nSPS) is 20.4. The molecule has 0 saturated carbocycles. The molecule has 1 saturated heterocycles. The summed E-state index contributed by atoms with van der Waals surface area (Å²) in [6, 6.07) is 0. The van der Waals surface area contributed by atoms with Gasteiger partial charge in [-0.1, -0.05) is 0 Å². The minimum Gasteiger partial charge on any atom is -0.481 e. The lowest BCUT2D eigenvalue weighted by atomic mass is 9.94. The monoisotopic (exact) mass is 257 g/mol. The van der Waals surface area contributed by atoms with Crippen LogP contribution in [-0.2, 0) is 14.3 Å². The van der Waals surface area contributed by atoms with Gasteiger partial charge in [0.15, 0.2) is 0 Å². The van der Waals surface area contributed by atoms with Crippen molar-refractivity contribution in [3.63, 3.8) is 0 Å². The zero-order valence-electron chi connectivity index (χ0n) is 11.2. The van der Waals surface area contributed by atoms with Crippen LogP contribution in [0.15, 0.2) is 0 Å². The molecule has 1 unspecified atom stereocenters. The Bertz CT molecular complexity index is 295. The van der Waals surface area contributed by atoms with Crippen molar-refractivity contribution >= 4 is 11.9 Å². The van der Waals surface area contributed by atoms with E-state index in [9.17, 15) is 9.59 Å². The maximum absolute atomic E-state index is 11.6. The van der Waals surface area contributed by atoms with Gasteiger partial charge in [0.2, 0.25) is 5.91 Å². The van der Waals surface area contributed by atoms with Crippen molar-refractivity contribution in [3.8, 4) is 0 Å². The van der Waals surface area contributed by atoms with Gasteiger partial charge in [-0.05, 0) is 39.5 Å². The Kier molecular flexibility index (Phi) is 5.59. The Morgan fingerprint density at radius 2 is 2.11 bits per heavy atom. The minimum atomic E-state index is -0.920. The van der Waals surface area contributed by atoms with Crippen molar-refractivity contribution in [2.45, 2.75) is 52.1 Å². The molecule has 1 amide bonds. The van der Waals surface area contributed by atoms with E-state index in [0.29, 0.717) is 6.42 Å². The molecule has 2 N–H and O–H groups in total. The predicted octanol–water partition coefficient (Wildman–Crippen LogP) is 1.56. The van der Waals surface area contributed by atoms with Crippen LogP contribution >= 0.6 is 0 Å². The SMILES string of the molecule is CC(C)(CNC(=O)CCC1CCCCO1)C(=O)O. The molecule has 5 nitrogen and oxygen atoms in total. The maximum atomic E-state index is 11.6. The molecule has 1 aliphatic rings. The first-order chi connectivity index (χ1) is 8.42. The van der Waals surface area contributed by atoms with E-state index in [1.54, 1.807) is 13.8 Å². The molecule has 5 heteroatoms. The van der Waals surface area contributed by atoms with Crippen LogP contribution in [0.5, 0.6) is 0 Å². The molecular formula is C13H23NO4. The summed E-state index contributed by atoms with van der Waals surface area (Å²) in [7, 11) is 0. The highest BCUT2D eigenvalue weighted by Crippen LogP contribution is 2.17.